The van der Waals surface area contributed by atoms with E-state index in [2.05, 4.69) is 22.9 Å². The number of benzene rings is 1. The van der Waals surface area contributed by atoms with Crippen LogP contribution in [0.25, 0.3) is 0 Å². The first-order chi connectivity index (χ1) is 10.1. The van der Waals surface area contributed by atoms with Gasteiger partial charge in [-0.05, 0) is 24.5 Å². The van der Waals surface area contributed by atoms with Crippen molar-refractivity contribution in [2.45, 2.75) is 76.0 Å². The van der Waals surface area contributed by atoms with Crippen LogP contribution in [0.3, 0.4) is 0 Å². The summed E-state index contributed by atoms with van der Waals surface area (Å²) in [6, 6.07) is 4.84. The van der Waals surface area contributed by atoms with Crippen LogP contribution in [0.5, 0.6) is 11.5 Å². The number of hydrogen-bond acceptors (Lipinski definition) is 2. The quantitative estimate of drug-likeness (QED) is 0.380. The Balaban J connectivity index is 2.10. The molecule has 0 heterocycles. The Morgan fingerprint density at radius 2 is 1.57 bits per heavy atom. The van der Waals surface area contributed by atoms with E-state index >= 15 is 0 Å². The minimum absolute atomic E-state index is 0.116. The smallest absolute Gasteiger partial charge is 0.122 e. The molecule has 0 saturated carbocycles. The number of alkyl halides is 1. The fraction of sp³-hybridized carbons (Fsp3) is 0.667. The van der Waals surface area contributed by atoms with Crippen LogP contribution in [0.1, 0.15) is 70.3 Å². The van der Waals surface area contributed by atoms with E-state index in [1.165, 1.54) is 57.4 Å². The monoisotopic (exact) mass is 356 g/mol. The summed E-state index contributed by atoms with van der Waals surface area (Å²) in [6.45, 7) is 2.25. The van der Waals surface area contributed by atoms with Crippen molar-refractivity contribution < 1.29 is 10.2 Å². The van der Waals surface area contributed by atoms with Gasteiger partial charge in [0.25, 0.3) is 0 Å². The molecule has 0 aliphatic rings. The molecular formula is C18H29BrO2. The lowest BCUT2D eigenvalue weighted by molar-refractivity contribution is 0.445. The van der Waals surface area contributed by atoms with Gasteiger partial charge in [-0.1, -0.05) is 80.3 Å². The Labute approximate surface area is 137 Å². The van der Waals surface area contributed by atoms with Crippen LogP contribution in [0.4, 0.5) is 0 Å². The third kappa shape index (κ3) is 8.35. The molecule has 0 fully saturated rings. The summed E-state index contributed by atoms with van der Waals surface area (Å²) in [5.74, 6) is 0.306. The molecule has 1 atom stereocenters. The van der Waals surface area contributed by atoms with Crippen LogP contribution in [0.15, 0.2) is 18.2 Å². The molecule has 0 aliphatic heterocycles. The van der Waals surface area contributed by atoms with E-state index in [-0.39, 0.29) is 11.5 Å². The molecule has 2 N–H and O–H groups in total. The molecule has 1 unspecified atom stereocenters. The molecule has 1 rings (SSSR count). The first-order valence-corrected chi connectivity index (χ1v) is 9.20. The third-order valence-electron chi connectivity index (χ3n) is 3.88. The van der Waals surface area contributed by atoms with Gasteiger partial charge in [-0.15, -0.1) is 0 Å². The normalized spacial score (nSPS) is 12.5. The maximum Gasteiger partial charge on any atom is 0.122 e. The SMILES string of the molecule is CCCCCCCCCCC(Br)Cc1ccc(O)cc1O. The number of aromatic hydroxyl groups is 2. The van der Waals surface area contributed by atoms with Crippen LogP contribution < -0.4 is 0 Å². The van der Waals surface area contributed by atoms with E-state index in [1.54, 1.807) is 12.1 Å². The lowest BCUT2D eigenvalue weighted by Crippen LogP contribution is -2.03. The van der Waals surface area contributed by atoms with Crippen LogP contribution in [-0.4, -0.2) is 15.0 Å². The maximum atomic E-state index is 9.77. The van der Waals surface area contributed by atoms with Crippen molar-refractivity contribution >= 4 is 15.9 Å². The van der Waals surface area contributed by atoms with Gasteiger partial charge in [0, 0.05) is 10.9 Å². The Kier molecular flexibility index (Phi) is 9.56. The van der Waals surface area contributed by atoms with Gasteiger partial charge < -0.3 is 10.2 Å². The average molecular weight is 357 g/mol. The lowest BCUT2D eigenvalue weighted by atomic mass is 10.0. The molecule has 0 saturated heterocycles. The number of halogens is 1. The van der Waals surface area contributed by atoms with Crippen molar-refractivity contribution in [2.75, 3.05) is 0 Å². The van der Waals surface area contributed by atoms with Crippen molar-refractivity contribution in [3.05, 3.63) is 23.8 Å². The zero-order valence-corrected chi connectivity index (χ0v) is 14.7. The van der Waals surface area contributed by atoms with Crippen molar-refractivity contribution in [3.8, 4) is 11.5 Å². The van der Waals surface area contributed by atoms with Crippen LogP contribution >= 0.6 is 15.9 Å². The number of hydrogen-bond donors (Lipinski definition) is 2. The molecule has 0 aliphatic carbocycles. The van der Waals surface area contributed by atoms with E-state index in [9.17, 15) is 10.2 Å². The summed E-state index contributed by atoms with van der Waals surface area (Å²) in [4.78, 5) is 0.396. The van der Waals surface area contributed by atoms with Gasteiger partial charge in [-0.3, -0.25) is 0 Å². The molecule has 1 aromatic rings. The van der Waals surface area contributed by atoms with E-state index in [1.807, 2.05) is 0 Å². The molecule has 0 spiro atoms. The molecule has 1 aromatic carbocycles. The van der Waals surface area contributed by atoms with Gasteiger partial charge >= 0.3 is 0 Å². The molecule has 3 heteroatoms. The first-order valence-electron chi connectivity index (χ1n) is 8.28. The van der Waals surface area contributed by atoms with Crippen LogP contribution in [0.2, 0.25) is 0 Å². The third-order valence-corrected chi connectivity index (χ3v) is 4.66. The summed E-state index contributed by atoms with van der Waals surface area (Å²) in [6.07, 6.45) is 12.6. The van der Waals surface area contributed by atoms with E-state index < -0.39 is 0 Å². The highest BCUT2D eigenvalue weighted by Crippen LogP contribution is 2.26. The summed E-state index contributed by atoms with van der Waals surface area (Å²) in [5, 5.41) is 19.0. The standard InChI is InChI=1S/C18H29BrO2/c1-2-3-4-5-6-7-8-9-10-16(19)13-15-11-12-17(20)14-18(15)21/h11-12,14,16,20-21H,2-10,13H2,1H3. The van der Waals surface area contributed by atoms with Gasteiger partial charge in [-0.25, -0.2) is 0 Å². The van der Waals surface area contributed by atoms with Crippen molar-refractivity contribution in [1.82, 2.24) is 0 Å². The Bertz CT molecular complexity index is 393. The molecule has 0 radical (unpaired) electrons. The molecule has 0 amide bonds. The Hall–Kier alpha value is -0.700. The minimum Gasteiger partial charge on any atom is -0.508 e. The fourth-order valence-corrected chi connectivity index (χ4v) is 3.24. The predicted molar refractivity (Wildman–Crippen MR) is 93.4 cm³/mol. The van der Waals surface area contributed by atoms with Gasteiger partial charge in [0.05, 0.1) is 0 Å². The number of rotatable bonds is 11. The largest absolute Gasteiger partial charge is 0.508 e. The van der Waals surface area contributed by atoms with Crippen molar-refractivity contribution in [1.29, 1.82) is 0 Å². The van der Waals surface area contributed by atoms with E-state index in [4.69, 9.17) is 0 Å². The fourth-order valence-electron chi connectivity index (χ4n) is 2.57. The molecule has 0 aromatic heterocycles. The Morgan fingerprint density at radius 1 is 0.952 bits per heavy atom. The molecule has 0 bridgehead atoms. The second kappa shape index (κ2) is 10.9. The maximum absolute atomic E-state index is 9.77. The lowest BCUT2D eigenvalue weighted by Gasteiger charge is -2.11. The first kappa shape index (κ1) is 18.3. The zero-order chi connectivity index (χ0) is 15.5. The second-order valence-electron chi connectivity index (χ2n) is 5.88. The number of phenols is 2. The van der Waals surface area contributed by atoms with Crippen LogP contribution in [-0.2, 0) is 6.42 Å². The summed E-state index contributed by atoms with van der Waals surface area (Å²) in [5.41, 5.74) is 0.897. The summed E-state index contributed by atoms with van der Waals surface area (Å²) < 4.78 is 0. The molecule has 21 heavy (non-hydrogen) atoms. The highest BCUT2D eigenvalue weighted by Gasteiger charge is 2.09. The topological polar surface area (TPSA) is 40.5 Å². The minimum atomic E-state index is 0.116. The van der Waals surface area contributed by atoms with Crippen molar-refractivity contribution in [2.24, 2.45) is 0 Å². The number of phenolic OH excluding ortho intramolecular Hbond substituents is 2. The van der Waals surface area contributed by atoms with Crippen molar-refractivity contribution in [3.63, 3.8) is 0 Å². The number of unbranched alkanes of at least 4 members (excludes halogenated alkanes) is 7. The average Bonchev–Trinajstić information content (AvgIpc) is 2.45. The van der Waals surface area contributed by atoms with E-state index in [0.29, 0.717) is 4.83 Å². The summed E-state index contributed by atoms with van der Waals surface area (Å²) in [7, 11) is 0. The van der Waals surface area contributed by atoms with Crippen LogP contribution in [0, 0.1) is 0 Å². The highest BCUT2D eigenvalue weighted by molar-refractivity contribution is 9.09. The molecular weight excluding hydrogens is 328 g/mol. The van der Waals surface area contributed by atoms with Gasteiger partial charge in [0.15, 0.2) is 0 Å². The Morgan fingerprint density at radius 3 is 2.19 bits per heavy atom. The molecule has 120 valence electrons. The zero-order valence-electron chi connectivity index (χ0n) is 13.2. The van der Waals surface area contributed by atoms with Gasteiger partial charge in [0.1, 0.15) is 11.5 Å². The highest BCUT2D eigenvalue weighted by atomic mass is 79.9. The molecule has 2 nitrogen and oxygen atoms in total. The predicted octanol–water partition coefficient (Wildman–Crippen LogP) is 5.93. The summed E-state index contributed by atoms with van der Waals surface area (Å²) >= 11 is 3.70. The van der Waals surface area contributed by atoms with E-state index in [0.717, 1.165) is 18.4 Å². The van der Waals surface area contributed by atoms with Gasteiger partial charge in [-0.2, -0.15) is 0 Å². The van der Waals surface area contributed by atoms with Gasteiger partial charge in [0.2, 0.25) is 0 Å². The second-order valence-corrected chi connectivity index (χ2v) is 7.17.